The normalized spacial score (nSPS) is 16.4. The molecule has 8 heteroatoms. The zero-order chi connectivity index (χ0) is 22.8. The fourth-order valence-corrected chi connectivity index (χ4v) is 4.22. The molecule has 0 N–H and O–H groups in total. The van der Waals surface area contributed by atoms with Gasteiger partial charge in [-0.15, -0.1) is 11.8 Å². The van der Waals surface area contributed by atoms with E-state index in [2.05, 4.69) is 0 Å². The summed E-state index contributed by atoms with van der Waals surface area (Å²) in [4.78, 5) is 38.3. The Morgan fingerprint density at radius 3 is 2.42 bits per heavy atom. The van der Waals surface area contributed by atoms with Crippen molar-refractivity contribution in [3.63, 3.8) is 0 Å². The van der Waals surface area contributed by atoms with E-state index in [1.165, 1.54) is 23.9 Å². The van der Waals surface area contributed by atoms with Gasteiger partial charge in [0.1, 0.15) is 11.2 Å². The van der Waals surface area contributed by atoms with Crippen LogP contribution in [0.25, 0.3) is 0 Å². The van der Waals surface area contributed by atoms with Crippen molar-refractivity contribution in [1.29, 1.82) is 0 Å². The Morgan fingerprint density at radius 1 is 1.13 bits per heavy atom. The number of halogens is 1. The van der Waals surface area contributed by atoms with Crippen molar-refractivity contribution in [1.82, 2.24) is 0 Å². The maximum absolute atomic E-state index is 13.3. The standard InChI is InChI=1S/C23H24FNO5S/c1-14-11-16(21(27)29-13-30-22(28)23(2,3)4)7-10-18(14)25-19(26)12-31-20(25)15-5-8-17(24)9-6-15/h5-11,20H,12-13H2,1-4H3. The molecule has 2 aromatic carbocycles. The number of hydrogen-bond acceptors (Lipinski definition) is 6. The molecule has 3 rings (SSSR count). The van der Waals surface area contributed by atoms with Gasteiger partial charge in [-0.05, 0) is 69.2 Å². The SMILES string of the molecule is Cc1cc(C(=O)OCOC(=O)C(C)(C)C)ccc1N1C(=O)CSC1c1ccc(F)cc1. The van der Waals surface area contributed by atoms with Gasteiger partial charge in [-0.3, -0.25) is 14.5 Å². The summed E-state index contributed by atoms with van der Waals surface area (Å²) in [6.07, 6.45) is 0. The van der Waals surface area contributed by atoms with Gasteiger partial charge >= 0.3 is 11.9 Å². The van der Waals surface area contributed by atoms with Crippen LogP contribution in [0.2, 0.25) is 0 Å². The molecule has 1 amide bonds. The van der Waals surface area contributed by atoms with E-state index in [0.717, 1.165) is 5.56 Å². The number of carbonyl (C=O) groups excluding carboxylic acids is 3. The predicted molar refractivity (Wildman–Crippen MR) is 116 cm³/mol. The first kappa shape index (κ1) is 22.8. The summed E-state index contributed by atoms with van der Waals surface area (Å²) < 4.78 is 23.3. The third-order valence-corrected chi connectivity index (χ3v) is 5.92. The Bertz CT molecular complexity index is 1000. The van der Waals surface area contributed by atoms with Crippen molar-refractivity contribution in [2.24, 2.45) is 5.41 Å². The number of nitrogens with zero attached hydrogens (tertiary/aromatic N) is 1. The Balaban J connectivity index is 1.73. The quantitative estimate of drug-likeness (QED) is 0.494. The average molecular weight is 446 g/mol. The Kier molecular flexibility index (Phi) is 6.69. The van der Waals surface area contributed by atoms with Gasteiger partial charge < -0.3 is 9.47 Å². The summed E-state index contributed by atoms with van der Waals surface area (Å²) in [5.74, 6) is -1.19. The van der Waals surface area contributed by atoms with E-state index in [-0.39, 0.29) is 22.7 Å². The van der Waals surface area contributed by atoms with Crippen LogP contribution in [-0.4, -0.2) is 30.4 Å². The molecule has 1 saturated heterocycles. The molecule has 1 aliphatic heterocycles. The van der Waals surface area contributed by atoms with Crippen LogP contribution in [0.4, 0.5) is 10.1 Å². The molecule has 31 heavy (non-hydrogen) atoms. The number of thioether (sulfide) groups is 1. The number of aryl methyl sites for hydroxylation is 1. The van der Waals surface area contributed by atoms with E-state index in [0.29, 0.717) is 17.0 Å². The lowest BCUT2D eigenvalue weighted by Gasteiger charge is -2.26. The van der Waals surface area contributed by atoms with Gasteiger partial charge in [0.25, 0.3) is 0 Å². The molecule has 1 unspecified atom stereocenters. The number of esters is 2. The summed E-state index contributed by atoms with van der Waals surface area (Å²) in [6.45, 7) is 6.44. The van der Waals surface area contributed by atoms with E-state index < -0.39 is 24.1 Å². The summed E-state index contributed by atoms with van der Waals surface area (Å²) in [5.41, 5.74) is 1.79. The topological polar surface area (TPSA) is 72.9 Å². The van der Waals surface area contributed by atoms with Crippen LogP contribution in [-0.2, 0) is 19.1 Å². The first-order valence-corrected chi connectivity index (χ1v) is 10.8. The second kappa shape index (κ2) is 9.09. The number of anilines is 1. The molecule has 2 aromatic rings. The number of amides is 1. The molecule has 0 aromatic heterocycles. The minimum absolute atomic E-state index is 0.0631. The van der Waals surface area contributed by atoms with Crippen molar-refractivity contribution in [2.75, 3.05) is 17.4 Å². The summed E-state index contributed by atoms with van der Waals surface area (Å²) in [7, 11) is 0. The lowest BCUT2D eigenvalue weighted by Crippen LogP contribution is -2.28. The van der Waals surface area contributed by atoms with Crippen LogP contribution in [0.5, 0.6) is 0 Å². The molecule has 1 heterocycles. The molecule has 0 bridgehead atoms. The molecule has 164 valence electrons. The van der Waals surface area contributed by atoms with Gasteiger partial charge in [0, 0.05) is 5.69 Å². The molecular formula is C23H24FNO5S. The second-order valence-electron chi connectivity index (χ2n) is 8.21. The predicted octanol–water partition coefficient (Wildman–Crippen LogP) is 4.62. The first-order valence-electron chi connectivity index (χ1n) is 9.72. The molecule has 0 aliphatic carbocycles. The molecule has 1 fully saturated rings. The van der Waals surface area contributed by atoms with Crippen LogP contribution < -0.4 is 4.90 Å². The Morgan fingerprint density at radius 2 is 1.81 bits per heavy atom. The van der Waals surface area contributed by atoms with Gasteiger partial charge in [0.15, 0.2) is 0 Å². The van der Waals surface area contributed by atoms with Gasteiger partial charge in [-0.25, -0.2) is 9.18 Å². The molecule has 0 spiro atoms. The highest BCUT2D eigenvalue weighted by molar-refractivity contribution is 8.00. The maximum atomic E-state index is 13.3. The lowest BCUT2D eigenvalue weighted by molar-refractivity contribution is -0.161. The number of rotatable bonds is 5. The van der Waals surface area contributed by atoms with E-state index in [1.54, 1.807) is 62.9 Å². The van der Waals surface area contributed by atoms with Crippen molar-refractivity contribution in [2.45, 2.75) is 33.1 Å². The lowest BCUT2D eigenvalue weighted by atomic mass is 9.98. The number of ether oxygens (including phenoxy) is 2. The minimum atomic E-state index is -0.689. The van der Waals surface area contributed by atoms with E-state index >= 15 is 0 Å². The molecule has 1 atom stereocenters. The van der Waals surface area contributed by atoms with E-state index in [1.807, 2.05) is 0 Å². The van der Waals surface area contributed by atoms with Crippen LogP contribution in [0.1, 0.15) is 47.6 Å². The summed E-state index contributed by atoms with van der Waals surface area (Å²) in [5, 5.41) is -0.276. The first-order chi connectivity index (χ1) is 14.6. The molecule has 1 aliphatic rings. The Labute approximate surface area is 184 Å². The third-order valence-electron chi connectivity index (χ3n) is 4.71. The smallest absolute Gasteiger partial charge is 0.341 e. The van der Waals surface area contributed by atoms with E-state index in [9.17, 15) is 18.8 Å². The molecule has 6 nitrogen and oxygen atoms in total. The van der Waals surface area contributed by atoms with Crippen molar-refractivity contribution >= 4 is 35.3 Å². The van der Waals surface area contributed by atoms with Gasteiger partial charge in [0.05, 0.1) is 16.7 Å². The molecular weight excluding hydrogens is 421 g/mol. The fourth-order valence-electron chi connectivity index (χ4n) is 3.05. The maximum Gasteiger partial charge on any atom is 0.341 e. The highest BCUT2D eigenvalue weighted by Gasteiger charge is 2.35. The van der Waals surface area contributed by atoms with Crippen molar-refractivity contribution in [3.8, 4) is 0 Å². The summed E-state index contributed by atoms with van der Waals surface area (Å²) >= 11 is 1.46. The van der Waals surface area contributed by atoms with Gasteiger partial charge in [0.2, 0.25) is 12.7 Å². The average Bonchev–Trinajstić information content (AvgIpc) is 3.08. The number of hydrogen-bond donors (Lipinski definition) is 0. The minimum Gasteiger partial charge on any atom is -0.427 e. The highest BCUT2D eigenvalue weighted by atomic mass is 32.2. The van der Waals surface area contributed by atoms with Crippen LogP contribution in [0.3, 0.4) is 0 Å². The highest BCUT2D eigenvalue weighted by Crippen LogP contribution is 2.42. The van der Waals surface area contributed by atoms with Gasteiger partial charge in [-0.2, -0.15) is 0 Å². The molecule has 0 saturated carbocycles. The van der Waals surface area contributed by atoms with Gasteiger partial charge in [-0.1, -0.05) is 12.1 Å². The second-order valence-corrected chi connectivity index (χ2v) is 9.28. The van der Waals surface area contributed by atoms with E-state index in [4.69, 9.17) is 9.47 Å². The van der Waals surface area contributed by atoms with Crippen LogP contribution >= 0.6 is 11.8 Å². The van der Waals surface area contributed by atoms with Crippen LogP contribution in [0, 0.1) is 18.2 Å². The third kappa shape index (κ3) is 5.25. The summed E-state index contributed by atoms with van der Waals surface area (Å²) in [6, 6.07) is 10.9. The van der Waals surface area contributed by atoms with Crippen molar-refractivity contribution in [3.05, 3.63) is 65.0 Å². The Hall–Kier alpha value is -2.87. The van der Waals surface area contributed by atoms with Crippen molar-refractivity contribution < 1.29 is 28.2 Å². The number of benzene rings is 2. The fraction of sp³-hybridized carbons (Fsp3) is 0.348. The zero-order valence-electron chi connectivity index (χ0n) is 17.8. The largest absolute Gasteiger partial charge is 0.427 e. The number of carbonyl (C=O) groups is 3. The monoisotopic (exact) mass is 445 g/mol. The molecule has 0 radical (unpaired) electrons. The zero-order valence-corrected chi connectivity index (χ0v) is 18.6. The van der Waals surface area contributed by atoms with Crippen LogP contribution in [0.15, 0.2) is 42.5 Å².